The van der Waals surface area contributed by atoms with Gasteiger partial charge in [0.05, 0.1) is 11.9 Å². The summed E-state index contributed by atoms with van der Waals surface area (Å²) in [5.74, 6) is 0.656. The molecule has 41 heavy (non-hydrogen) atoms. The van der Waals surface area contributed by atoms with Crippen LogP contribution in [0.2, 0.25) is 0 Å². The van der Waals surface area contributed by atoms with E-state index in [9.17, 15) is 14.4 Å². The van der Waals surface area contributed by atoms with Gasteiger partial charge in [0, 0.05) is 18.7 Å². The van der Waals surface area contributed by atoms with Gasteiger partial charge < -0.3 is 20.1 Å². The van der Waals surface area contributed by atoms with Crippen LogP contribution in [-0.2, 0) is 23.9 Å². The van der Waals surface area contributed by atoms with Crippen LogP contribution in [0, 0.1) is 6.92 Å². The summed E-state index contributed by atoms with van der Waals surface area (Å²) in [4.78, 5) is 36.1. The van der Waals surface area contributed by atoms with Crippen molar-refractivity contribution in [1.82, 2.24) is 10.6 Å². The highest BCUT2D eigenvalue weighted by molar-refractivity contribution is 8.00. The number of hydrogen-bond donors (Lipinski definition) is 2. The van der Waals surface area contributed by atoms with Gasteiger partial charge >= 0.3 is 5.97 Å². The molecule has 0 saturated heterocycles. The molecule has 0 fully saturated rings. The second kappa shape index (κ2) is 14.7. The number of nitrogens with one attached hydrogen (secondary N) is 2. The molecule has 3 aromatic rings. The molecule has 3 rings (SSSR count). The Morgan fingerprint density at radius 1 is 0.902 bits per heavy atom. The van der Waals surface area contributed by atoms with Crippen molar-refractivity contribution >= 4 is 30.0 Å². The van der Waals surface area contributed by atoms with Gasteiger partial charge in [-0.05, 0) is 62.9 Å². The number of carbonyl (C=O) groups excluding carboxylic acids is 3. The van der Waals surface area contributed by atoms with E-state index in [0.29, 0.717) is 18.7 Å². The maximum atomic E-state index is 12.7. The van der Waals surface area contributed by atoms with Gasteiger partial charge in [-0.3, -0.25) is 9.59 Å². The zero-order valence-corrected chi connectivity index (χ0v) is 25.3. The largest absolute Gasteiger partial charge is 0.497 e. The summed E-state index contributed by atoms with van der Waals surface area (Å²) in [7, 11) is 1.65. The van der Waals surface area contributed by atoms with Crippen LogP contribution in [0.4, 0.5) is 0 Å². The summed E-state index contributed by atoms with van der Waals surface area (Å²) in [5.41, 5.74) is 3.86. The van der Waals surface area contributed by atoms with E-state index >= 15 is 0 Å². The van der Waals surface area contributed by atoms with Gasteiger partial charge in [-0.2, -0.15) is 0 Å². The second-order valence-electron chi connectivity index (χ2n) is 10.7. The Morgan fingerprint density at radius 2 is 1.49 bits per heavy atom. The molecule has 2 N–H and O–H groups in total. The molecule has 2 amide bonds. The maximum absolute atomic E-state index is 12.7. The molecule has 0 aliphatic rings. The molecular weight excluding hydrogens is 536 g/mol. The fourth-order valence-corrected chi connectivity index (χ4v) is 5.94. The number of thioether (sulfide) groups is 1. The summed E-state index contributed by atoms with van der Waals surface area (Å²) >= 11 is 1.75. The van der Waals surface area contributed by atoms with Gasteiger partial charge in [0.15, 0.2) is 0 Å². The zero-order chi connectivity index (χ0) is 29.9. The molecule has 0 bridgehead atoms. The van der Waals surface area contributed by atoms with Crippen molar-refractivity contribution in [2.75, 3.05) is 19.4 Å². The number of rotatable bonds is 14. The molecule has 0 saturated carbocycles. The molecule has 0 spiro atoms. The average Bonchev–Trinajstić information content (AvgIpc) is 2.95. The highest BCUT2D eigenvalue weighted by Crippen LogP contribution is 2.48. The van der Waals surface area contributed by atoms with Crippen LogP contribution in [0.1, 0.15) is 55.9 Å². The highest BCUT2D eigenvalue weighted by atomic mass is 32.2. The van der Waals surface area contributed by atoms with E-state index < -0.39 is 22.4 Å². The van der Waals surface area contributed by atoms with Crippen LogP contribution in [0.25, 0.3) is 0 Å². The second-order valence-corrected chi connectivity index (χ2v) is 12.1. The topological polar surface area (TPSA) is 93.7 Å². The number of amides is 2. The molecule has 0 aromatic heterocycles. The minimum Gasteiger partial charge on any atom is -0.497 e. The number of aryl methyl sites for hydroxylation is 1. The Labute approximate surface area is 247 Å². The van der Waals surface area contributed by atoms with Crippen LogP contribution >= 0.6 is 11.8 Å². The zero-order valence-electron chi connectivity index (χ0n) is 24.4. The first-order valence-corrected chi connectivity index (χ1v) is 14.7. The van der Waals surface area contributed by atoms with Crippen molar-refractivity contribution in [2.45, 2.75) is 56.9 Å². The Kier molecular flexibility index (Phi) is 11.4. The lowest BCUT2D eigenvalue weighted by Gasteiger charge is -2.35. The lowest BCUT2D eigenvalue weighted by atomic mass is 9.83. The van der Waals surface area contributed by atoms with Crippen molar-refractivity contribution in [3.63, 3.8) is 0 Å². The molecule has 0 radical (unpaired) electrons. The predicted molar refractivity (Wildman–Crippen MR) is 164 cm³/mol. The molecule has 3 aromatic carbocycles. The third-order valence-corrected chi connectivity index (χ3v) is 8.05. The fraction of sp³-hybridized carbons (Fsp3) is 0.364. The number of esters is 1. The van der Waals surface area contributed by atoms with E-state index in [2.05, 4.69) is 66.1 Å². The van der Waals surface area contributed by atoms with Gasteiger partial charge in [0.2, 0.25) is 12.3 Å². The number of carbonyl (C=O) groups is 3. The highest BCUT2D eigenvalue weighted by Gasteiger charge is 2.37. The lowest BCUT2D eigenvalue weighted by molar-refractivity contribution is -0.158. The summed E-state index contributed by atoms with van der Waals surface area (Å²) in [6.45, 7) is 7.77. The minimum absolute atomic E-state index is 0.0791. The van der Waals surface area contributed by atoms with Crippen molar-refractivity contribution in [1.29, 1.82) is 0 Å². The van der Waals surface area contributed by atoms with Gasteiger partial charge in [-0.25, -0.2) is 4.79 Å². The Hall–Kier alpha value is -3.78. The Balaban J connectivity index is 1.76. The first-order valence-electron chi connectivity index (χ1n) is 13.7. The first-order chi connectivity index (χ1) is 19.6. The molecule has 0 heterocycles. The van der Waals surface area contributed by atoms with E-state index in [1.165, 1.54) is 5.56 Å². The van der Waals surface area contributed by atoms with Gasteiger partial charge in [-0.15, -0.1) is 11.8 Å². The fourth-order valence-electron chi connectivity index (χ4n) is 4.52. The van der Waals surface area contributed by atoms with E-state index in [-0.39, 0.29) is 18.7 Å². The molecule has 0 aliphatic carbocycles. The summed E-state index contributed by atoms with van der Waals surface area (Å²) in [6, 6.07) is 26.2. The van der Waals surface area contributed by atoms with Gasteiger partial charge in [0.25, 0.3) is 0 Å². The molecule has 2 unspecified atom stereocenters. The Bertz CT molecular complexity index is 1270. The van der Waals surface area contributed by atoms with Crippen molar-refractivity contribution in [3.05, 3.63) is 101 Å². The number of benzene rings is 3. The third kappa shape index (κ3) is 8.85. The molecule has 7 nitrogen and oxygen atoms in total. The molecule has 2 atom stereocenters. The van der Waals surface area contributed by atoms with Gasteiger partial charge in [0.1, 0.15) is 17.4 Å². The summed E-state index contributed by atoms with van der Waals surface area (Å²) in [5, 5.41) is 5.44. The average molecular weight is 577 g/mol. The van der Waals surface area contributed by atoms with Crippen molar-refractivity contribution < 1.29 is 23.9 Å². The molecular formula is C33H40N2O5S. The van der Waals surface area contributed by atoms with E-state index in [0.717, 1.165) is 22.4 Å². The molecule has 8 heteroatoms. The first kappa shape index (κ1) is 31.7. The maximum Gasteiger partial charge on any atom is 0.329 e. The van der Waals surface area contributed by atoms with Crippen LogP contribution in [-0.4, -0.2) is 49.3 Å². The number of methoxy groups -OCH3 is 1. The van der Waals surface area contributed by atoms with E-state index in [4.69, 9.17) is 9.47 Å². The van der Waals surface area contributed by atoms with Crippen LogP contribution in [0.15, 0.2) is 78.9 Å². The lowest BCUT2D eigenvalue weighted by Crippen LogP contribution is -2.41. The van der Waals surface area contributed by atoms with Crippen LogP contribution < -0.4 is 15.4 Å². The number of hydrogen-bond acceptors (Lipinski definition) is 6. The SMILES string of the molecule is COc1ccc(C(SCCNC(=O)CCC(NC=O)C(=O)OC(C)(C)C)(c2ccccc2)c2ccc(C)cc2)cc1. The monoisotopic (exact) mass is 576 g/mol. The quantitative estimate of drug-likeness (QED) is 0.116. The van der Waals surface area contributed by atoms with Gasteiger partial charge in [-0.1, -0.05) is 72.3 Å². The summed E-state index contributed by atoms with van der Waals surface area (Å²) < 4.78 is 10.3. The number of ether oxygens (including phenoxy) is 2. The Morgan fingerprint density at radius 3 is 2.05 bits per heavy atom. The van der Waals surface area contributed by atoms with Crippen molar-refractivity contribution in [3.8, 4) is 5.75 Å². The van der Waals surface area contributed by atoms with Crippen LogP contribution in [0.3, 0.4) is 0 Å². The molecule has 0 aliphatic heterocycles. The van der Waals surface area contributed by atoms with E-state index in [1.54, 1.807) is 39.6 Å². The summed E-state index contributed by atoms with van der Waals surface area (Å²) in [6.07, 6.45) is 0.683. The third-order valence-electron chi connectivity index (χ3n) is 6.50. The van der Waals surface area contributed by atoms with Crippen LogP contribution in [0.5, 0.6) is 5.75 Å². The minimum atomic E-state index is -0.880. The normalized spacial score (nSPS) is 13.4. The van der Waals surface area contributed by atoms with Crippen molar-refractivity contribution in [2.24, 2.45) is 0 Å². The van der Waals surface area contributed by atoms with E-state index in [1.807, 2.05) is 30.3 Å². The standard InChI is InChI=1S/C33H40N2O5S/c1-24-11-13-26(14-12-24)33(25-9-7-6-8-10-25,27-15-17-28(39-5)18-16-27)41-22-21-34-30(37)20-19-29(35-23-36)31(38)40-32(2,3)4/h6-18,23,29H,19-22H2,1-5H3,(H,34,37)(H,35,36). The predicted octanol–water partition coefficient (Wildman–Crippen LogP) is 5.38. The smallest absolute Gasteiger partial charge is 0.329 e. The molecule has 218 valence electrons.